The minimum atomic E-state index is -4.86. The van der Waals surface area contributed by atoms with Crippen LogP contribution in [0.4, 0.5) is 23.4 Å². The van der Waals surface area contributed by atoms with Crippen molar-refractivity contribution >= 4 is 22.6 Å². The van der Waals surface area contributed by atoms with Crippen molar-refractivity contribution in [2.75, 3.05) is 18.9 Å². The van der Waals surface area contributed by atoms with Crippen LogP contribution in [0.1, 0.15) is 40.1 Å². The number of nitrogens with zero attached hydrogens (tertiary/aromatic N) is 3. The van der Waals surface area contributed by atoms with Crippen molar-refractivity contribution in [3.63, 3.8) is 0 Å². The number of aromatic nitrogens is 2. The highest BCUT2D eigenvalue weighted by Gasteiger charge is 2.37. The van der Waals surface area contributed by atoms with Gasteiger partial charge in [-0.15, -0.1) is 13.2 Å². The SMILES string of the molecule is C[C@H]1COC[C@@H](c2ccc(OC(F)(F)F)cn2)N1C(=O)c1cc2c3c(c(N)nc2cc1F)COC3. The maximum Gasteiger partial charge on any atom is 0.573 e. The van der Waals surface area contributed by atoms with Crippen molar-refractivity contribution in [1.29, 1.82) is 0 Å². The van der Waals surface area contributed by atoms with Gasteiger partial charge in [0.05, 0.1) is 61.5 Å². The highest BCUT2D eigenvalue weighted by Crippen LogP contribution is 2.35. The van der Waals surface area contributed by atoms with Crippen molar-refractivity contribution in [2.45, 2.75) is 38.6 Å². The molecule has 2 aromatic heterocycles. The normalized spacial score (nSPS) is 20.2. The average molecular weight is 492 g/mol. The van der Waals surface area contributed by atoms with Crippen LogP contribution in [0.3, 0.4) is 0 Å². The molecule has 5 rings (SSSR count). The molecule has 35 heavy (non-hydrogen) atoms. The lowest BCUT2D eigenvalue weighted by atomic mass is 10.00. The Balaban J connectivity index is 1.51. The molecule has 2 atom stereocenters. The van der Waals surface area contributed by atoms with Crippen molar-refractivity contribution in [3.05, 3.63) is 58.7 Å². The first-order chi connectivity index (χ1) is 16.6. The van der Waals surface area contributed by atoms with Crippen LogP contribution in [0.2, 0.25) is 0 Å². The van der Waals surface area contributed by atoms with E-state index in [0.717, 1.165) is 17.8 Å². The van der Waals surface area contributed by atoms with E-state index >= 15 is 4.39 Å². The van der Waals surface area contributed by atoms with Gasteiger partial charge in [-0.25, -0.2) is 9.37 Å². The highest BCUT2D eigenvalue weighted by atomic mass is 19.4. The number of hydrogen-bond acceptors (Lipinski definition) is 7. The molecule has 0 aliphatic carbocycles. The number of amides is 1. The van der Waals surface area contributed by atoms with E-state index in [1.807, 2.05) is 0 Å². The van der Waals surface area contributed by atoms with Crippen LogP contribution in [-0.2, 0) is 22.7 Å². The number of nitrogen functional groups attached to an aromatic ring is 1. The summed E-state index contributed by atoms with van der Waals surface area (Å²) in [6.45, 7) is 2.53. The fourth-order valence-electron chi connectivity index (χ4n) is 4.47. The fourth-order valence-corrected chi connectivity index (χ4v) is 4.47. The first-order valence-electron chi connectivity index (χ1n) is 10.7. The Labute approximate surface area is 196 Å². The van der Waals surface area contributed by atoms with Gasteiger partial charge in [0.2, 0.25) is 0 Å². The summed E-state index contributed by atoms with van der Waals surface area (Å²) in [5.74, 6) is -1.61. The summed E-state index contributed by atoms with van der Waals surface area (Å²) in [5.41, 5.74) is 7.86. The fraction of sp³-hybridized carbons (Fsp3) is 0.348. The van der Waals surface area contributed by atoms with Gasteiger partial charge in [-0.3, -0.25) is 9.78 Å². The van der Waals surface area contributed by atoms with Gasteiger partial charge in [0, 0.05) is 17.0 Å². The minimum absolute atomic E-state index is 0.0408. The maximum absolute atomic E-state index is 15.1. The zero-order valence-corrected chi connectivity index (χ0v) is 18.4. The van der Waals surface area contributed by atoms with Crippen LogP contribution >= 0.6 is 0 Å². The van der Waals surface area contributed by atoms with E-state index in [4.69, 9.17) is 15.2 Å². The van der Waals surface area contributed by atoms with E-state index < -0.39 is 35.9 Å². The lowest BCUT2D eigenvalue weighted by molar-refractivity contribution is -0.274. The Morgan fingerprint density at radius 1 is 1.17 bits per heavy atom. The Kier molecular flexibility index (Phi) is 5.72. The van der Waals surface area contributed by atoms with Gasteiger partial charge in [-0.05, 0) is 30.7 Å². The molecule has 2 aliphatic heterocycles. The molecule has 1 aromatic carbocycles. The Hall–Kier alpha value is -3.51. The Morgan fingerprint density at radius 2 is 1.94 bits per heavy atom. The molecule has 4 heterocycles. The molecule has 0 spiro atoms. The molecule has 0 unspecified atom stereocenters. The maximum atomic E-state index is 15.1. The molecule has 1 fully saturated rings. The first kappa shape index (κ1) is 23.2. The van der Waals surface area contributed by atoms with E-state index in [1.165, 1.54) is 23.1 Å². The number of carbonyl (C=O) groups excluding carboxylic acids is 1. The first-order valence-corrected chi connectivity index (χ1v) is 10.7. The summed E-state index contributed by atoms with van der Waals surface area (Å²) >= 11 is 0. The van der Waals surface area contributed by atoms with Crippen LogP contribution in [0.25, 0.3) is 10.9 Å². The van der Waals surface area contributed by atoms with Gasteiger partial charge in [-0.2, -0.15) is 0 Å². The summed E-state index contributed by atoms with van der Waals surface area (Å²) in [6.07, 6.45) is -3.94. The third kappa shape index (κ3) is 4.34. The molecule has 2 aliphatic rings. The van der Waals surface area contributed by atoms with Gasteiger partial charge in [0.15, 0.2) is 0 Å². The molecular formula is C23H20F4N4O4. The highest BCUT2D eigenvalue weighted by molar-refractivity contribution is 6.00. The standard InChI is InChI=1S/C23H20F4N4O4/c1-11-7-33-10-20(18-3-2-12(6-29-18)35-23(25,26)27)31(11)22(32)14-4-13-15-8-34-9-16(15)21(28)30-19(13)5-17(14)24/h2-6,11,20H,7-10H2,1H3,(H2,28,30)/t11-,20-/m0/s1. The van der Waals surface area contributed by atoms with Crippen molar-refractivity contribution in [3.8, 4) is 5.75 Å². The van der Waals surface area contributed by atoms with Crippen LogP contribution in [0.5, 0.6) is 5.75 Å². The van der Waals surface area contributed by atoms with E-state index in [1.54, 1.807) is 6.92 Å². The van der Waals surface area contributed by atoms with E-state index in [9.17, 15) is 18.0 Å². The van der Waals surface area contributed by atoms with Crippen LogP contribution in [-0.4, -0.2) is 46.4 Å². The van der Waals surface area contributed by atoms with Crippen LogP contribution < -0.4 is 10.5 Å². The third-order valence-electron chi connectivity index (χ3n) is 6.06. The quantitative estimate of drug-likeness (QED) is 0.554. The van der Waals surface area contributed by atoms with Crippen molar-refractivity contribution in [2.24, 2.45) is 0 Å². The lowest BCUT2D eigenvalue weighted by Gasteiger charge is -2.40. The summed E-state index contributed by atoms with van der Waals surface area (Å²) in [7, 11) is 0. The average Bonchev–Trinajstić information content (AvgIpc) is 3.29. The number of hydrogen-bond donors (Lipinski definition) is 1. The predicted octanol–water partition coefficient (Wildman–Crippen LogP) is 3.88. The second kappa shape index (κ2) is 8.61. The van der Waals surface area contributed by atoms with E-state index in [2.05, 4.69) is 14.7 Å². The topological polar surface area (TPSA) is 99.8 Å². The Bertz CT molecular complexity index is 1300. The second-order valence-electron chi connectivity index (χ2n) is 8.38. The molecule has 1 saturated heterocycles. The monoisotopic (exact) mass is 492 g/mol. The molecule has 12 heteroatoms. The Morgan fingerprint density at radius 3 is 2.66 bits per heavy atom. The number of benzene rings is 1. The molecule has 8 nitrogen and oxygen atoms in total. The van der Waals surface area contributed by atoms with Crippen LogP contribution in [0.15, 0.2) is 30.5 Å². The van der Waals surface area contributed by atoms with Gasteiger partial charge in [0.1, 0.15) is 17.4 Å². The van der Waals surface area contributed by atoms with Gasteiger partial charge in [-0.1, -0.05) is 0 Å². The number of rotatable bonds is 3. The summed E-state index contributed by atoms with van der Waals surface area (Å²) in [5, 5.41) is 0.570. The molecule has 0 bridgehead atoms. The zero-order chi connectivity index (χ0) is 24.9. The number of fused-ring (bicyclic) bond motifs is 3. The summed E-state index contributed by atoms with van der Waals surface area (Å²) in [6, 6.07) is 3.83. The third-order valence-corrected chi connectivity index (χ3v) is 6.06. The molecule has 184 valence electrons. The number of halogens is 4. The number of carbonyl (C=O) groups is 1. The number of ether oxygens (including phenoxy) is 3. The minimum Gasteiger partial charge on any atom is -0.404 e. The number of anilines is 1. The van der Waals surface area contributed by atoms with Gasteiger partial charge < -0.3 is 24.8 Å². The molecule has 0 radical (unpaired) electrons. The lowest BCUT2D eigenvalue weighted by Crippen LogP contribution is -2.49. The van der Waals surface area contributed by atoms with Crippen molar-refractivity contribution < 1.29 is 36.6 Å². The van der Waals surface area contributed by atoms with E-state index in [0.29, 0.717) is 16.5 Å². The van der Waals surface area contributed by atoms with Gasteiger partial charge >= 0.3 is 6.36 Å². The van der Waals surface area contributed by atoms with Crippen molar-refractivity contribution in [1.82, 2.24) is 14.9 Å². The molecular weight excluding hydrogens is 472 g/mol. The molecule has 0 saturated carbocycles. The molecule has 3 aromatic rings. The largest absolute Gasteiger partial charge is 0.573 e. The smallest absolute Gasteiger partial charge is 0.404 e. The number of morpholine rings is 1. The van der Waals surface area contributed by atoms with Crippen LogP contribution in [0, 0.1) is 5.82 Å². The molecule has 1 amide bonds. The summed E-state index contributed by atoms with van der Waals surface area (Å²) < 4.78 is 67.5. The zero-order valence-electron chi connectivity index (χ0n) is 18.4. The summed E-state index contributed by atoms with van der Waals surface area (Å²) in [4.78, 5) is 23.4. The second-order valence-corrected chi connectivity index (χ2v) is 8.38. The number of pyridine rings is 2. The van der Waals surface area contributed by atoms with E-state index in [-0.39, 0.29) is 43.5 Å². The predicted molar refractivity (Wildman–Crippen MR) is 115 cm³/mol. The van der Waals surface area contributed by atoms with Gasteiger partial charge in [0.25, 0.3) is 5.91 Å². The number of alkyl halides is 3. The molecule has 2 N–H and O–H groups in total. The number of nitrogens with two attached hydrogens (primary N) is 1.